The normalized spacial score (nSPS) is 15.7. The number of rotatable bonds is 5. The molecule has 5 nitrogen and oxygen atoms in total. The highest BCUT2D eigenvalue weighted by atomic mass is 35.5. The van der Waals surface area contributed by atoms with Crippen LogP contribution in [0, 0.1) is 5.92 Å². The van der Waals surface area contributed by atoms with Crippen LogP contribution in [-0.4, -0.2) is 10.9 Å². The van der Waals surface area contributed by atoms with Crippen LogP contribution in [0.15, 0.2) is 55.0 Å². The molecule has 5 rings (SSSR count). The van der Waals surface area contributed by atoms with Crippen LogP contribution in [0.3, 0.4) is 0 Å². The third-order valence-electron chi connectivity index (χ3n) is 5.10. The number of hydrogen-bond acceptors (Lipinski definition) is 5. The summed E-state index contributed by atoms with van der Waals surface area (Å²) in [5.41, 5.74) is 2.95. The van der Waals surface area contributed by atoms with E-state index in [0.29, 0.717) is 15.9 Å². The van der Waals surface area contributed by atoms with Gasteiger partial charge in [0.25, 0.3) is 0 Å². The first kappa shape index (κ1) is 19.4. The maximum Gasteiger partial charge on any atom is 0.228 e. The van der Waals surface area contributed by atoms with Gasteiger partial charge in [-0.1, -0.05) is 29.3 Å². The first-order valence-corrected chi connectivity index (χ1v) is 11.2. The van der Waals surface area contributed by atoms with E-state index < -0.39 is 0 Å². The van der Waals surface area contributed by atoms with Gasteiger partial charge in [-0.15, -0.1) is 11.3 Å². The topological polar surface area (TPSA) is 66.1 Å². The van der Waals surface area contributed by atoms with Crippen LogP contribution in [0.4, 0.5) is 5.82 Å². The monoisotopic (exact) mass is 456 g/mol. The third kappa shape index (κ3) is 3.90. The number of carbonyl (C=O) groups excluding carboxylic acids is 1. The Balaban J connectivity index is 1.53. The van der Waals surface area contributed by atoms with Gasteiger partial charge < -0.3 is 16.0 Å². The number of thiophene rings is 1. The first-order chi connectivity index (χ1) is 14.6. The molecule has 1 aromatic carbocycles. The summed E-state index contributed by atoms with van der Waals surface area (Å²) in [5, 5.41) is 10.8. The molecule has 152 valence electrons. The SMILES string of the molecule is O=C(Nc1cc(-c2cc(-c3ccc(Cl)cc3Cl)c(C3NC=CN3)s2)ccn1)C1CC1. The Morgan fingerprint density at radius 2 is 1.87 bits per heavy atom. The summed E-state index contributed by atoms with van der Waals surface area (Å²) in [6.07, 6.45) is 7.37. The van der Waals surface area contributed by atoms with E-state index in [2.05, 4.69) is 27.0 Å². The number of carbonyl (C=O) groups is 1. The summed E-state index contributed by atoms with van der Waals surface area (Å²) >= 11 is 14.3. The van der Waals surface area contributed by atoms with Gasteiger partial charge in [-0.25, -0.2) is 4.98 Å². The van der Waals surface area contributed by atoms with Crippen molar-refractivity contribution in [3.05, 3.63) is 69.9 Å². The molecule has 3 heterocycles. The molecule has 0 bridgehead atoms. The second-order valence-corrected chi connectivity index (χ2v) is 9.23. The molecule has 3 N–H and O–H groups in total. The van der Waals surface area contributed by atoms with E-state index in [0.717, 1.165) is 39.3 Å². The molecule has 2 aromatic heterocycles. The number of nitrogens with zero attached hydrogens (tertiary/aromatic N) is 1. The molecule has 1 aliphatic heterocycles. The highest BCUT2D eigenvalue weighted by molar-refractivity contribution is 7.16. The van der Waals surface area contributed by atoms with Crippen molar-refractivity contribution in [2.45, 2.75) is 19.0 Å². The van der Waals surface area contributed by atoms with Gasteiger partial charge in [0.05, 0.1) is 4.88 Å². The minimum Gasteiger partial charge on any atom is -0.366 e. The van der Waals surface area contributed by atoms with E-state index in [9.17, 15) is 4.79 Å². The molecule has 30 heavy (non-hydrogen) atoms. The van der Waals surface area contributed by atoms with Gasteiger partial charge in [-0.3, -0.25) is 4.79 Å². The van der Waals surface area contributed by atoms with Crippen LogP contribution in [0.1, 0.15) is 23.9 Å². The van der Waals surface area contributed by atoms with Crippen molar-refractivity contribution in [1.82, 2.24) is 15.6 Å². The zero-order valence-corrected chi connectivity index (χ0v) is 18.1. The van der Waals surface area contributed by atoms with E-state index >= 15 is 0 Å². The largest absolute Gasteiger partial charge is 0.366 e. The van der Waals surface area contributed by atoms with E-state index in [-0.39, 0.29) is 18.0 Å². The Bertz CT molecular complexity index is 1150. The fraction of sp³-hybridized carbons (Fsp3) is 0.182. The maximum atomic E-state index is 12.1. The number of anilines is 1. The Morgan fingerprint density at radius 3 is 2.60 bits per heavy atom. The number of nitrogens with one attached hydrogen (secondary N) is 3. The Labute approximate surface area is 188 Å². The number of benzene rings is 1. The summed E-state index contributed by atoms with van der Waals surface area (Å²) in [6.45, 7) is 0. The van der Waals surface area contributed by atoms with Gasteiger partial charge in [0.15, 0.2) is 0 Å². The van der Waals surface area contributed by atoms with Crippen molar-refractivity contribution in [2.24, 2.45) is 5.92 Å². The summed E-state index contributed by atoms with van der Waals surface area (Å²) in [5.74, 6) is 0.754. The molecule has 0 spiro atoms. The second kappa shape index (κ2) is 7.95. The van der Waals surface area contributed by atoms with Crippen LogP contribution < -0.4 is 16.0 Å². The van der Waals surface area contributed by atoms with Gasteiger partial charge in [0, 0.05) is 50.6 Å². The second-order valence-electron chi connectivity index (χ2n) is 7.31. The van der Waals surface area contributed by atoms with Crippen LogP contribution in [-0.2, 0) is 4.79 Å². The van der Waals surface area contributed by atoms with Crippen molar-refractivity contribution in [3.63, 3.8) is 0 Å². The predicted octanol–water partition coefficient (Wildman–Crippen LogP) is 5.80. The number of pyridine rings is 1. The molecule has 1 fully saturated rings. The molecule has 0 radical (unpaired) electrons. The van der Waals surface area contributed by atoms with Crippen molar-refractivity contribution >= 4 is 46.3 Å². The predicted molar refractivity (Wildman–Crippen MR) is 123 cm³/mol. The van der Waals surface area contributed by atoms with E-state index in [1.807, 2.05) is 36.7 Å². The van der Waals surface area contributed by atoms with Gasteiger partial charge in [-0.05, 0) is 48.7 Å². The minimum atomic E-state index is -0.0404. The van der Waals surface area contributed by atoms with Gasteiger partial charge in [-0.2, -0.15) is 0 Å². The zero-order chi connectivity index (χ0) is 20.7. The summed E-state index contributed by atoms with van der Waals surface area (Å²) in [4.78, 5) is 18.6. The number of hydrogen-bond donors (Lipinski definition) is 3. The van der Waals surface area contributed by atoms with Crippen LogP contribution >= 0.6 is 34.5 Å². The molecule has 0 unspecified atom stereocenters. The molecule has 1 amide bonds. The lowest BCUT2D eigenvalue weighted by Gasteiger charge is -2.14. The molecule has 0 atom stereocenters. The molecule has 1 saturated carbocycles. The first-order valence-electron chi connectivity index (χ1n) is 9.62. The fourth-order valence-electron chi connectivity index (χ4n) is 3.39. The lowest BCUT2D eigenvalue weighted by molar-refractivity contribution is -0.117. The fourth-order valence-corrected chi connectivity index (χ4v) is 5.10. The molecule has 2 aliphatic rings. The molecule has 1 aliphatic carbocycles. The molecule has 8 heteroatoms. The third-order valence-corrected chi connectivity index (χ3v) is 6.89. The van der Waals surface area contributed by atoms with E-state index in [1.54, 1.807) is 23.6 Å². The summed E-state index contributed by atoms with van der Waals surface area (Å²) in [6, 6.07) is 11.5. The van der Waals surface area contributed by atoms with E-state index in [1.165, 1.54) is 0 Å². The quantitative estimate of drug-likeness (QED) is 0.454. The minimum absolute atomic E-state index is 0.0404. The Hall–Kier alpha value is -2.54. The smallest absolute Gasteiger partial charge is 0.228 e. The number of aromatic nitrogens is 1. The lowest BCUT2D eigenvalue weighted by Crippen LogP contribution is -2.20. The summed E-state index contributed by atoms with van der Waals surface area (Å²) in [7, 11) is 0. The van der Waals surface area contributed by atoms with Crippen molar-refractivity contribution < 1.29 is 4.79 Å². The molecular weight excluding hydrogens is 439 g/mol. The average Bonchev–Trinajstić information content (AvgIpc) is 3.27. The van der Waals surface area contributed by atoms with Gasteiger partial charge in [0.1, 0.15) is 12.0 Å². The van der Waals surface area contributed by atoms with Crippen LogP contribution in [0.5, 0.6) is 0 Å². The number of amides is 1. The van der Waals surface area contributed by atoms with E-state index in [4.69, 9.17) is 23.2 Å². The van der Waals surface area contributed by atoms with Gasteiger partial charge >= 0.3 is 0 Å². The van der Waals surface area contributed by atoms with Crippen molar-refractivity contribution in [2.75, 3.05) is 5.32 Å². The van der Waals surface area contributed by atoms with Crippen molar-refractivity contribution in [1.29, 1.82) is 0 Å². The zero-order valence-electron chi connectivity index (χ0n) is 15.8. The van der Waals surface area contributed by atoms with Crippen LogP contribution in [0.2, 0.25) is 10.0 Å². The molecular formula is C22H18Cl2N4OS. The van der Waals surface area contributed by atoms with Crippen molar-refractivity contribution in [3.8, 4) is 21.6 Å². The lowest BCUT2D eigenvalue weighted by atomic mass is 10.0. The van der Waals surface area contributed by atoms with Gasteiger partial charge in [0.2, 0.25) is 5.91 Å². The Kier molecular flexibility index (Phi) is 5.15. The highest BCUT2D eigenvalue weighted by Gasteiger charge is 2.30. The highest BCUT2D eigenvalue weighted by Crippen LogP contribution is 2.43. The summed E-state index contributed by atoms with van der Waals surface area (Å²) < 4.78 is 0. The number of halogens is 2. The average molecular weight is 457 g/mol. The maximum absolute atomic E-state index is 12.1. The Morgan fingerprint density at radius 1 is 1.07 bits per heavy atom. The molecule has 3 aromatic rings. The molecule has 0 saturated heterocycles. The van der Waals surface area contributed by atoms with Crippen LogP contribution in [0.25, 0.3) is 21.6 Å². The standard InChI is InChI=1S/C22H18Cl2N4OS/c23-14-3-4-15(17(24)10-14)16-11-18(30-20(16)21-26-7-8-27-21)13-5-6-25-19(9-13)28-22(29)12-1-2-12/h3-12,21,26-27H,1-2H2,(H,25,28,29).